The molecule has 1 heterocycles. The summed E-state index contributed by atoms with van der Waals surface area (Å²) in [5.41, 5.74) is 0. The van der Waals surface area contributed by atoms with E-state index in [-0.39, 0.29) is 25.4 Å². The molecule has 1 aliphatic rings. The van der Waals surface area contributed by atoms with Crippen LogP contribution >= 0.6 is 0 Å². The lowest BCUT2D eigenvalue weighted by Gasteiger charge is -2.20. The second-order valence-electron chi connectivity index (χ2n) is 4.61. The van der Waals surface area contributed by atoms with E-state index in [1.165, 1.54) is 0 Å². The molecule has 0 aromatic rings. The smallest absolute Gasteiger partial charge is 0.320 e. The average Bonchev–Trinajstić information content (AvgIpc) is 2.60. The number of aliphatic carboxylic acids is 1. The summed E-state index contributed by atoms with van der Waals surface area (Å²) in [5.74, 6) is -0.852. The van der Waals surface area contributed by atoms with E-state index >= 15 is 0 Å². The van der Waals surface area contributed by atoms with E-state index in [4.69, 9.17) is 15.2 Å². The first-order valence-corrected chi connectivity index (χ1v) is 5.81. The Morgan fingerprint density at radius 1 is 1.56 bits per heavy atom. The zero-order valence-corrected chi connectivity index (χ0v) is 9.59. The van der Waals surface area contributed by atoms with Crippen LogP contribution in [0.1, 0.15) is 12.8 Å². The molecular formula is C10H20BNO4. The van der Waals surface area contributed by atoms with Gasteiger partial charge in [-0.05, 0) is 24.6 Å². The fourth-order valence-corrected chi connectivity index (χ4v) is 2.37. The molecular weight excluding hydrogens is 209 g/mol. The lowest BCUT2D eigenvalue weighted by molar-refractivity contribution is -0.140. The van der Waals surface area contributed by atoms with Crippen LogP contribution in [0, 0.1) is 11.8 Å². The number of hydrogen-bond acceptors (Lipinski definition) is 4. The summed E-state index contributed by atoms with van der Waals surface area (Å²) >= 11 is 0. The van der Waals surface area contributed by atoms with Crippen LogP contribution in [0.4, 0.5) is 0 Å². The van der Waals surface area contributed by atoms with E-state index in [2.05, 4.69) is 5.32 Å². The first-order chi connectivity index (χ1) is 7.56. The monoisotopic (exact) mass is 229 g/mol. The van der Waals surface area contributed by atoms with Crippen molar-refractivity contribution < 1.29 is 20.0 Å². The molecule has 3 atom stereocenters. The minimum Gasteiger partial charge on any atom is -0.480 e. The number of aliphatic hydroxyl groups excluding tert-OH is 1. The third-order valence-corrected chi connectivity index (χ3v) is 3.29. The van der Waals surface area contributed by atoms with Crippen molar-refractivity contribution in [3.8, 4) is 0 Å². The molecule has 0 spiro atoms. The Morgan fingerprint density at radius 3 is 2.75 bits per heavy atom. The van der Waals surface area contributed by atoms with Crippen LogP contribution in [-0.4, -0.2) is 47.3 Å². The van der Waals surface area contributed by atoms with Crippen molar-refractivity contribution in [3.05, 3.63) is 0 Å². The van der Waals surface area contributed by atoms with Crippen LogP contribution in [-0.2, 0) is 4.79 Å². The van der Waals surface area contributed by atoms with Gasteiger partial charge >= 0.3 is 5.97 Å². The molecule has 1 saturated heterocycles. The molecule has 0 aliphatic carbocycles. The van der Waals surface area contributed by atoms with Crippen LogP contribution in [0.2, 0.25) is 13.1 Å². The SMILES string of the molecule is CB(O)CCCC1C(CO)CNC1C(=O)O. The summed E-state index contributed by atoms with van der Waals surface area (Å²) in [4.78, 5) is 11.0. The molecule has 0 saturated carbocycles. The second kappa shape index (κ2) is 6.22. The molecule has 3 unspecified atom stereocenters. The maximum absolute atomic E-state index is 11.0. The lowest BCUT2D eigenvalue weighted by Crippen LogP contribution is -2.36. The van der Waals surface area contributed by atoms with Gasteiger partial charge in [0.2, 0.25) is 0 Å². The third-order valence-electron chi connectivity index (χ3n) is 3.29. The summed E-state index contributed by atoms with van der Waals surface area (Å²) < 4.78 is 0. The molecule has 6 heteroatoms. The summed E-state index contributed by atoms with van der Waals surface area (Å²) in [5, 5.41) is 30.2. The Balaban J connectivity index is 2.46. The highest BCUT2D eigenvalue weighted by Gasteiger charge is 2.39. The number of nitrogens with one attached hydrogen (secondary N) is 1. The molecule has 1 aliphatic heterocycles. The molecule has 1 rings (SSSR count). The van der Waals surface area contributed by atoms with Crippen LogP contribution in [0.5, 0.6) is 0 Å². The number of carboxylic acids is 1. The van der Waals surface area contributed by atoms with E-state index in [0.29, 0.717) is 12.9 Å². The number of carboxylic acid groups (broad SMARTS) is 1. The Bertz CT molecular complexity index is 237. The van der Waals surface area contributed by atoms with E-state index in [1.807, 2.05) is 0 Å². The predicted molar refractivity (Wildman–Crippen MR) is 61.4 cm³/mol. The van der Waals surface area contributed by atoms with E-state index in [9.17, 15) is 4.79 Å². The Kier molecular flexibility index (Phi) is 5.24. The molecule has 0 aromatic carbocycles. The van der Waals surface area contributed by atoms with Crippen molar-refractivity contribution in [2.24, 2.45) is 11.8 Å². The average molecular weight is 229 g/mol. The molecule has 5 nitrogen and oxygen atoms in total. The van der Waals surface area contributed by atoms with Crippen LogP contribution < -0.4 is 5.32 Å². The van der Waals surface area contributed by atoms with Gasteiger partial charge in [0.15, 0.2) is 0 Å². The zero-order chi connectivity index (χ0) is 12.1. The van der Waals surface area contributed by atoms with E-state index in [0.717, 1.165) is 12.8 Å². The Labute approximate surface area is 96.0 Å². The first kappa shape index (κ1) is 13.5. The number of carbonyl (C=O) groups is 1. The van der Waals surface area contributed by atoms with Crippen molar-refractivity contribution in [2.45, 2.75) is 32.0 Å². The second-order valence-corrected chi connectivity index (χ2v) is 4.61. The molecule has 1 fully saturated rings. The van der Waals surface area contributed by atoms with Gasteiger partial charge in [0, 0.05) is 13.2 Å². The molecule has 0 bridgehead atoms. The van der Waals surface area contributed by atoms with Gasteiger partial charge in [-0.25, -0.2) is 0 Å². The molecule has 4 N–H and O–H groups in total. The predicted octanol–water partition coefficient (Wildman–Crippen LogP) is -0.339. The van der Waals surface area contributed by atoms with Gasteiger partial charge in [-0.15, -0.1) is 0 Å². The minimum absolute atomic E-state index is 0.0232. The quantitative estimate of drug-likeness (QED) is 0.468. The van der Waals surface area contributed by atoms with Crippen molar-refractivity contribution >= 4 is 12.9 Å². The Morgan fingerprint density at radius 2 is 2.25 bits per heavy atom. The number of aliphatic hydroxyl groups is 1. The maximum atomic E-state index is 11.0. The van der Waals surface area contributed by atoms with Gasteiger partial charge < -0.3 is 20.6 Å². The van der Waals surface area contributed by atoms with Gasteiger partial charge in [-0.3, -0.25) is 4.79 Å². The topological polar surface area (TPSA) is 89.8 Å². The molecule has 0 aromatic heterocycles. The van der Waals surface area contributed by atoms with Gasteiger partial charge in [0.1, 0.15) is 6.04 Å². The van der Waals surface area contributed by atoms with Gasteiger partial charge in [-0.1, -0.05) is 13.2 Å². The number of rotatable bonds is 6. The fraction of sp³-hybridized carbons (Fsp3) is 0.900. The highest BCUT2D eigenvalue weighted by Crippen LogP contribution is 2.27. The number of hydrogen-bond donors (Lipinski definition) is 4. The molecule has 0 radical (unpaired) electrons. The van der Waals surface area contributed by atoms with Crippen LogP contribution in [0.3, 0.4) is 0 Å². The summed E-state index contributed by atoms with van der Waals surface area (Å²) in [6.07, 6.45) is 2.21. The summed E-state index contributed by atoms with van der Waals surface area (Å²) in [6, 6.07) is -0.550. The van der Waals surface area contributed by atoms with Crippen LogP contribution in [0.15, 0.2) is 0 Å². The Hall–Kier alpha value is -0.585. The normalized spacial score (nSPS) is 29.3. The van der Waals surface area contributed by atoms with Crippen molar-refractivity contribution in [2.75, 3.05) is 13.2 Å². The largest absolute Gasteiger partial charge is 0.480 e. The molecule has 0 amide bonds. The molecule has 92 valence electrons. The van der Waals surface area contributed by atoms with Crippen molar-refractivity contribution in [3.63, 3.8) is 0 Å². The zero-order valence-electron chi connectivity index (χ0n) is 9.59. The van der Waals surface area contributed by atoms with Gasteiger partial charge in [0.25, 0.3) is 6.92 Å². The van der Waals surface area contributed by atoms with Gasteiger partial charge in [0.05, 0.1) is 0 Å². The highest BCUT2D eigenvalue weighted by atomic mass is 16.4. The van der Waals surface area contributed by atoms with Crippen LogP contribution in [0.25, 0.3) is 0 Å². The molecule has 16 heavy (non-hydrogen) atoms. The summed E-state index contributed by atoms with van der Waals surface area (Å²) in [7, 11) is 0. The highest BCUT2D eigenvalue weighted by molar-refractivity contribution is 6.48. The van der Waals surface area contributed by atoms with Gasteiger partial charge in [-0.2, -0.15) is 0 Å². The minimum atomic E-state index is -0.849. The maximum Gasteiger partial charge on any atom is 0.320 e. The first-order valence-electron chi connectivity index (χ1n) is 5.81. The standard InChI is InChI=1S/C10H20BNO4/c1-11(16)4-2-3-8-7(6-13)5-12-9(8)10(14)15/h7-9,12-13,16H,2-6H2,1H3,(H,14,15). The van der Waals surface area contributed by atoms with E-state index in [1.54, 1.807) is 6.82 Å². The lowest BCUT2D eigenvalue weighted by atomic mass is 9.66. The fourth-order valence-electron chi connectivity index (χ4n) is 2.37. The summed E-state index contributed by atoms with van der Waals surface area (Å²) in [6.45, 7) is 1.97. The van der Waals surface area contributed by atoms with E-state index < -0.39 is 12.0 Å². The van der Waals surface area contributed by atoms with Crippen molar-refractivity contribution in [1.29, 1.82) is 0 Å². The van der Waals surface area contributed by atoms with Crippen molar-refractivity contribution in [1.82, 2.24) is 5.32 Å². The third kappa shape index (κ3) is 3.47.